The van der Waals surface area contributed by atoms with Gasteiger partial charge in [0.1, 0.15) is 15.4 Å². The monoisotopic (exact) mass is 397 g/mol. The smallest absolute Gasteiger partial charge is 0.348 e. The molecule has 0 aliphatic rings. The lowest BCUT2D eigenvalue weighted by molar-refractivity contribution is -0.119. The summed E-state index contributed by atoms with van der Waals surface area (Å²) in [5.41, 5.74) is 1.57. The quantitative estimate of drug-likeness (QED) is 0.692. The highest BCUT2D eigenvalue weighted by Crippen LogP contribution is 2.27. The molecule has 0 bridgehead atoms. The van der Waals surface area contributed by atoms with Crippen LogP contribution in [0, 0.1) is 13.8 Å². The zero-order valence-electron chi connectivity index (χ0n) is 14.8. The van der Waals surface area contributed by atoms with Crippen LogP contribution in [0.1, 0.15) is 38.2 Å². The van der Waals surface area contributed by atoms with Crippen molar-refractivity contribution in [3.63, 3.8) is 0 Å². The molecule has 26 heavy (non-hydrogen) atoms. The van der Waals surface area contributed by atoms with Gasteiger partial charge in [0.05, 0.1) is 17.3 Å². The predicted octanol–water partition coefficient (Wildman–Crippen LogP) is 2.84. The predicted molar refractivity (Wildman–Crippen MR) is 100 cm³/mol. The van der Waals surface area contributed by atoms with E-state index in [1.54, 1.807) is 33.9 Å². The lowest BCUT2D eigenvalue weighted by Gasteiger charge is -2.06. The maximum Gasteiger partial charge on any atom is 0.348 e. The Morgan fingerprint density at radius 1 is 1.19 bits per heavy atom. The number of esters is 2. The minimum atomic E-state index is -0.620. The molecule has 0 fully saturated rings. The Hall–Kier alpha value is -2.46. The van der Waals surface area contributed by atoms with Crippen LogP contribution in [0.2, 0.25) is 0 Å². The van der Waals surface area contributed by atoms with Gasteiger partial charge in [-0.2, -0.15) is 4.37 Å². The molecule has 2 N–H and O–H groups in total. The van der Waals surface area contributed by atoms with Gasteiger partial charge in [0.2, 0.25) is 0 Å². The van der Waals surface area contributed by atoms with Crippen LogP contribution in [-0.4, -0.2) is 42.5 Å². The van der Waals surface area contributed by atoms with Crippen molar-refractivity contribution in [2.75, 3.05) is 30.9 Å². The Morgan fingerprint density at radius 2 is 1.92 bits per heavy atom. The largest absolute Gasteiger partial charge is 0.462 e. The fourth-order valence-corrected chi connectivity index (χ4v) is 3.82. The highest BCUT2D eigenvalue weighted by molar-refractivity contribution is 7.18. The van der Waals surface area contributed by atoms with Gasteiger partial charge < -0.3 is 20.1 Å². The fraction of sp³-hybridized carbons (Fsp3) is 0.375. The Morgan fingerprint density at radius 3 is 2.58 bits per heavy atom. The van der Waals surface area contributed by atoms with Crippen LogP contribution in [0.25, 0.3) is 0 Å². The Balaban J connectivity index is 1.95. The zero-order chi connectivity index (χ0) is 19.3. The first-order valence-corrected chi connectivity index (χ1v) is 9.34. The second-order valence-electron chi connectivity index (χ2n) is 5.19. The van der Waals surface area contributed by atoms with E-state index in [1.807, 2.05) is 0 Å². The van der Waals surface area contributed by atoms with Crippen LogP contribution < -0.4 is 10.6 Å². The molecule has 0 saturated heterocycles. The van der Waals surface area contributed by atoms with Crippen molar-refractivity contribution in [2.24, 2.45) is 0 Å². The summed E-state index contributed by atoms with van der Waals surface area (Å²) in [5, 5.41) is 6.54. The van der Waals surface area contributed by atoms with Crippen LogP contribution in [-0.2, 0) is 14.3 Å². The van der Waals surface area contributed by atoms with Gasteiger partial charge in [-0.25, -0.2) is 9.59 Å². The van der Waals surface area contributed by atoms with Gasteiger partial charge in [0.15, 0.2) is 6.61 Å². The van der Waals surface area contributed by atoms with Gasteiger partial charge in [0, 0.05) is 7.05 Å². The molecule has 2 aromatic heterocycles. The van der Waals surface area contributed by atoms with Crippen molar-refractivity contribution >= 4 is 50.7 Å². The van der Waals surface area contributed by atoms with Crippen molar-refractivity contribution in [3.8, 4) is 0 Å². The number of hydrogen-bond donors (Lipinski definition) is 2. The molecule has 0 aliphatic carbocycles. The third-order valence-electron chi connectivity index (χ3n) is 3.27. The van der Waals surface area contributed by atoms with Gasteiger partial charge in [-0.05, 0) is 43.9 Å². The van der Waals surface area contributed by atoms with E-state index in [2.05, 4.69) is 15.0 Å². The lowest BCUT2D eigenvalue weighted by atomic mass is 10.2. The maximum atomic E-state index is 12.1. The highest BCUT2D eigenvalue weighted by atomic mass is 32.1. The van der Waals surface area contributed by atoms with Crippen molar-refractivity contribution in [2.45, 2.75) is 20.8 Å². The molecule has 1 amide bonds. The first-order chi connectivity index (χ1) is 12.4. The molecule has 2 heterocycles. The van der Waals surface area contributed by atoms with E-state index in [1.165, 1.54) is 0 Å². The molecule has 0 unspecified atom stereocenters. The van der Waals surface area contributed by atoms with Crippen molar-refractivity contribution in [1.29, 1.82) is 0 Å². The van der Waals surface area contributed by atoms with Gasteiger partial charge in [-0.1, -0.05) is 0 Å². The van der Waals surface area contributed by atoms with E-state index in [9.17, 15) is 14.4 Å². The van der Waals surface area contributed by atoms with Gasteiger partial charge in [0.25, 0.3) is 5.91 Å². The van der Waals surface area contributed by atoms with Gasteiger partial charge in [-0.15, -0.1) is 11.3 Å². The summed E-state index contributed by atoms with van der Waals surface area (Å²) >= 11 is 2.26. The number of aryl methyl sites for hydroxylation is 2. The van der Waals surface area contributed by atoms with Crippen LogP contribution in [0.3, 0.4) is 0 Å². The number of ether oxygens (including phenoxy) is 2. The standard InChI is InChI=1S/C16H19N3O5S2/c1-5-23-16(22)13-8(2)6-11(25-13)18-10(20)7-24-15(21)12-9(3)19-26-14(12)17-4/h6,17H,5,7H2,1-4H3,(H,18,20). The Labute approximate surface area is 158 Å². The first-order valence-electron chi connectivity index (χ1n) is 7.75. The van der Waals surface area contributed by atoms with E-state index in [-0.39, 0.29) is 6.61 Å². The van der Waals surface area contributed by atoms with E-state index < -0.39 is 24.5 Å². The number of aromatic nitrogens is 1. The van der Waals surface area contributed by atoms with Crippen LogP contribution in [0.5, 0.6) is 0 Å². The van der Waals surface area contributed by atoms with Crippen molar-refractivity contribution in [3.05, 3.63) is 27.8 Å². The molecule has 0 radical (unpaired) electrons. The maximum absolute atomic E-state index is 12.1. The van der Waals surface area contributed by atoms with Crippen LogP contribution in [0.4, 0.5) is 10.0 Å². The second kappa shape index (κ2) is 8.77. The summed E-state index contributed by atoms with van der Waals surface area (Å²) in [4.78, 5) is 36.4. The van der Waals surface area contributed by atoms with Crippen molar-refractivity contribution in [1.82, 2.24) is 4.37 Å². The lowest BCUT2D eigenvalue weighted by Crippen LogP contribution is -2.21. The molecular formula is C16H19N3O5S2. The van der Waals surface area contributed by atoms with Crippen LogP contribution in [0.15, 0.2) is 6.07 Å². The third kappa shape index (κ3) is 4.58. The summed E-state index contributed by atoms with van der Waals surface area (Å²) < 4.78 is 14.1. The molecule has 140 valence electrons. The normalized spacial score (nSPS) is 10.3. The number of carbonyl (C=O) groups excluding carboxylic acids is 3. The highest BCUT2D eigenvalue weighted by Gasteiger charge is 2.21. The number of thiophene rings is 1. The van der Waals surface area contributed by atoms with Gasteiger partial charge >= 0.3 is 11.9 Å². The SMILES string of the molecule is CCOC(=O)c1sc(NC(=O)COC(=O)c2c(C)nsc2NC)cc1C. The number of amides is 1. The molecule has 0 saturated carbocycles. The third-order valence-corrected chi connectivity index (χ3v) is 5.36. The number of nitrogens with one attached hydrogen (secondary N) is 2. The number of hydrogen-bond acceptors (Lipinski definition) is 9. The number of nitrogens with zero attached hydrogens (tertiary/aromatic N) is 1. The van der Waals surface area contributed by atoms with Crippen molar-refractivity contribution < 1.29 is 23.9 Å². The molecule has 0 spiro atoms. The number of anilines is 2. The van der Waals surface area contributed by atoms with Gasteiger partial charge in [-0.3, -0.25) is 4.79 Å². The number of rotatable bonds is 7. The summed E-state index contributed by atoms with van der Waals surface area (Å²) in [6.07, 6.45) is 0. The Bertz CT molecular complexity index is 828. The van der Waals surface area contributed by atoms with E-state index in [4.69, 9.17) is 9.47 Å². The number of carbonyl (C=O) groups is 3. The minimum Gasteiger partial charge on any atom is -0.462 e. The summed E-state index contributed by atoms with van der Waals surface area (Å²) in [6.45, 7) is 5.01. The summed E-state index contributed by atoms with van der Waals surface area (Å²) in [5.74, 6) is -1.55. The molecule has 2 rings (SSSR count). The zero-order valence-corrected chi connectivity index (χ0v) is 16.4. The molecular weight excluding hydrogens is 378 g/mol. The Kier molecular flexibility index (Phi) is 6.70. The summed E-state index contributed by atoms with van der Waals surface area (Å²) in [7, 11) is 1.68. The molecule has 0 atom stereocenters. The minimum absolute atomic E-state index is 0.277. The van der Waals surface area contributed by atoms with E-state index in [0.717, 1.165) is 22.9 Å². The molecule has 0 aliphatic heterocycles. The average Bonchev–Trinajstić information content (AvgIpc) is 3.15. The van der Waals surface area contributed by atoms with E-state index in [0.29, 0.717) is 31.7 Å². The topological polar surface area (TPSA) is 107 Å². The fourth-order valence-electron chi connectivity index (χ4n) is 2.10. The second-order valence-corrected chi connectivity index (χ2v) is 7.02. The first kappa shape index (κ1) is 19.9. The summed E-state index contributed by atoms with van der Waals surface area (Å²) in [6, 6.07) is 1.67. The van der Waals surface area contributed by atoms with E-state index >= 15 is 0 Å². The molecule has 2 aromatic rings. The average molecular weight is 397 g/mol. The molecule has 10 heteroatoms. The molecule has 0 aromatic carbocycles. The van der Waals surface area contributed by atoms with Crippen LogP contribution >= 0.6 is 22.9 Å². The molecule has 8 nitrogen and oxygen atoms in total.